The van der Waals surface area contributed by atoms with E-state index in [1.165, 1.54) is 0 Å². The molecule has 0 radical (unpaired) electrons. The van der Waals surface area contributed by atoms with Gasteiger partial charge in [-0.3, -0.25) is 14.3 Å². The quantitative estimate of drug-likeness (QED) is 0.912. The molecule has 2 aromatic heterocycles. The van der Waals surface area contributed by atoms with Crippen LogP contribution in [0.5, 0.6) is 0 Å². The summed E-state index contributed by atoms with van der Waals surface area (Å²) in [5, 5.41) is 17.7. The van der Waals surface area contributed by atoms with Gasteiger partial charge in [-0.2, -0.15) is 5.10 Å². The SMILES string of the molecule is Cc1noc(C)c1CN1C(=O)CCC(C(=O)O)C1c1cnn(C)c1. The first-order chi connectivity index (χ1) is 11.4. The summed E-state index contributed by atoms with van der Waals surface area (Å²) in [5.74, 6) is -0.989. The molecular weight excluding hydrogens is 312 g/mol. The largest absolute Gasteiger partial charge is 0.481 e. The van der Waals surface area contributed by atoms with Crippen LogP contribution in [0.3, 0.4) is 0 Å². The van der Waals surface area contributed by atoms with Crippen molar-refractivity contribution < 1.29 is 19.2 Å². The van der Waals surface area contributed by atoms with Crippen LogP contribution >= 0.6 is 0 Å². The molecular formula is C16H20N4O4. The highest BCUT2D eigenvalue weighted by molar-refractivity contribution is 5.81. The summed E-state index contributed by atoms with van der Waals surface area (Å²) in [6.45, 7) is 3.88. The second kappa shape index (κ2) is 6.10. The maximum atomic E-state index is 12.6. The van der Waals surface area contributed by atoms with Crippen LogP contribution in [0.4, 0.5) is 0 Å². The van der Waals surface area contributed by atoms with Gasteiger partial charge < -0.3 is 14.5 Å². The summed E-state index contributed by atoms with van der Waals surface area (Å²) in [6, 6.07) is -0.550. The van der Waals surface area contributed by atoms with Crippen molar-refractivity contribution in [2.75, 3.05) is 0 Å². The molecule has 2 aromatic rings. The van der Waals surface area contributed by atoms with Crippen LogP contribution in [-0.4, -0.2) is 36.8 Å². The standard InChI is InChI=1S/C16H20N4O4/c1-9-13(10(2)24-18-9)8-20-14(21)5-4-12(16(22)23)15(20)11-6-17-19(3)7-11/h6-7,12,15H,4-5,8H2,1-3H3,(H,22,23). The Hall–Kier alpha value is -2.64. The van der Waals surface area contributed by atoms with Crippen molar-refractivity contribution in [3.63, 3.8) is 0 Å². The van der Waals surface area contributed by atoms with Crippen molar-refractivity contribution in [3.05, 3.63) is 35.0 Å². The fraction of sp³-hybridized carbons (Fsp3) is 0.500. The van der Waals surface area contributed by atoms with Gasteiger partial charge in [0, 0.05) is 30.8 Å². The van der Waals surface area contributed by atoms with Gasteiger partial charge in [0.25, 0.3) is 0 Å². The highest BCUT2D eigenvalue weighted by Gasteiger charge is 2.41. The Morgan fingerprint density at radius 1 is 1.46 bits per heavy atom. The minimum absolute atomic E-state index is 0.0682. The van der Waals surface area contributed by atoms with Crippen LogP contribution in [0.15, 0.2) is 16.9 Å². The van der Waals surface area contributed by atoms with Gasteiger partial charge in [-0.1, -0.05) is 5.16 Å². The van der Waals surface area contributed by atoms with Crippen LogP contribution in [0.25, 0.3) is 0 Å². The summed E-state index contributed by atoms with van der Waals surface area (Å²) in [7, 11) is 1.77. The summed E-state index contributed by atoms with van der Waals surface area (Å²) >= 11 is 0. The number of nitrogens with zero attached hydrogens (tertiary/aromatic N) is 4. The Balaban J connectivity index is 2.01. The van der Waals surface area contributed by atoms with Crippen LogP contribution in [-0.2, 0) is 23.2 Å². The molecule has 2 unspecified atom stereocenters. The second-order valence-corrected chi connectivity index (χ2v) is 6.20. The Kier molecular flexibility index (Phi) is 4.13. The van der Waals surface area contributed by atoms with Gasteiger partial charge in [0.1, 0.15) is 5.76 Å². The van der Waals surface area contributed by atoms with Gasteiger partial charge in [-0.05, 0) is 20.3 Å². The fourth-order valence-corrected chi connectivity index (χ4v) is 3.30. The van der Waals surface area contributed by atoms with E-state index in [1.807, 2.05) is 6.92 Å². The lowest BCUT2D eigenvalue weighted by atomic mass is 9.85. The van der Waals surface area contributed by atoms with Crippen molar-refractivity contribution in [3.8, 4) is 0 Å². The van der Waals surface area contributed by atoms with Gasteiger partial charge in [0.05, 0.1) is 30.4 Å². The number of likely N-dealkylation sites (tertiary alicyclic amines) is 1. The van der Waals surface area contributed by atoms with Gasteiger partial charge in [-0.25, -0.2) is 0 Å². The molecule has 8 heteroatoms. The third-order valence-electron chi connectivity index (χ3n) is 4.60. The summed E-state index contributed by atoms with van der Waals surface area (Å²) in [5.41, 5.74) is 2.26. The lowest BCUT2D eigenvalue weighted by Gasteiger charge is -2.39. The Labute approximate surface area is 139 Å². The zero-order valence-electron chi connectivity index (χ0n) is 13.9. The maximum absolute atomic E-state index is 12.6. The summed E-state index contributed by atoms with van der Waals surface area (Å²) < 4.78 is 6.78. The van der Waals surface area contributed by atoms with E-state index >= 15 is 0 Å². The summed E-state index contributed by atoms with van der Waals surface area (Å²) in [4.78, 5) is 25.9. The number of carbonyl (C=O) groups excluding carboxylic acids is 1. The molecule has 3 rings (SSSR count). The number of piperidine rings is 1. The number of carboxylic acids is 1. The van der Waals surface area contributed by atoms with E-state index < -0.39 is 17.9 Å². The number of aryl methyl sites for hydroxylation is 3. The molecule has 1 aliphatic rings. The third kappa shape index (κ3) is 2.79. The zero-order chi connectivity index (χ0) is 17.4. The number of hydrogen-bond acceptors (Lipinski definition) is 5. The molecule has 1 N–H and O–H groups in total. The van der Waals surface area contributed by atoms with Gasteiger partial charge >= 0.3 is 5.97 Å². The number of carbonyl (C=O) groups is 2. The zero-order valence-corrected chi connectivity index (χ0v) is 13.9. The number of carboxylic acid groups (broad SMARTS) is 1. The second-order valence-electron chi connectivity index (χ2n) is 6.20. The minimum atomic E-state index is -0.903. The molecule has 3 heterocycles. The Morgan fingerprint density at radius 3 is 2.75 bits per heavy atom. The monoisotopic (exact) mass is 332 g/mol. The van der Waals surface area contributed by atoms with Crippen LogP contribution in [0.2, 0.25) is 0 Å². The number of aromatic nitrogens is 3. The first-order valence-electron chi connectivity index (χ1n) is 7.81. The fourth-order valence-electron chi connectivity index (χ4n) is 3.30. The topological polar surface area (TPSA) is 101 Å². The van der Waals surface area contributed by atoms with Crippen molar-refractivity contribution in [1.82, 2.24) is 19.8 Å². The molecule has 0 saturated carbocycles. The lowest BCUT2D eigenvalue weighted by molar-refractivity contribution is -0.152. The molecule has 24 heavy (non-hydrogen) atoms. The van der Waals surface area contributed by atoms with Gasteiger partial charge in [-0.15, -0.1) is 0 Å². The molecule has 1 aliphatic heterocycles. The lowest BCUT2D eigenvalue weighted by Crippen LogP contribution is -2.44. The number of hydrogen-bond donors (Lipinski definition) is 1. The predicted octanol–water partition coefficient (Wildman–Crippen LogP) is 1.59. The molecule has 1 saturated heterocycles. The first kappa shape index (κ1) is 16.2. The Morgan fingerprint density at radius 2 is 2.21 bits per heavy atom. The molecule has 1 amide bonds. The normalized spacial score (nSPS) is 21.3. The smallest absolute Gasteiger partial charge is 0.308 e. The van der Waals surface area contributed by atoms with Crippen molar-refractivity contribution in [2.24, 2.45) is 13.0 Å². The van der Waals surface area contributed by atoms with E-state index in [4.69, 9.17) is 4.52 Å². The van der Waals surface area contributed by atoms with E-state index in [1.54, 1.807) is 35.9 Å². The van der Waals surface area contributed by atoms with Crippen molar-refractivity contribution in [1.29, 1.82) is 0 Å². The molecule has 0 aliphatic carbocycles. The highest BCUT2D eigenvalue weighted by Crippen LogP contribution is 2.38. The van der Waals surface area contributed by atoms with Crippen LogP contribution in [0, 0.1) is 19.8 Å². The van der Waals surface area contributed by atoms with Crippen LogP contribution in [0.1, 0.15) is 41.5 Å². The molecule has 8 nitrogen and oxygen atoms in total. The van der Waals surface area contributed by atoms with Crippen LogP contribution < -0.4 is 0 Å². The molecule has 0 aromatic carbocycles. The van der Waals surface area contributed by atoms with Crippen molar-refractivity contribution in [2.45, 2.75) is 39.3 Å². The first-order valence-corrected chi connectivity index (χ1v) is 7.81. The Bertz CT molecular complexity index is 759. The van der Waals surface area contributed by atoms with E-state index in [0.29, 0.717) is 17.9 Å². The molecule has 1 fully saturated rings. The average molecular weight is 332 g/mol. The molecule has 0 spiro atoms. The van der Waals surface area contributed by atoms with E-state index in [2.05, 4.69) is 10.3 Å². The number of rotatable bonds is 4. The van der Waals surface area contributed by atoms with E-state index in [0.717, 1.165) is 11.1 Å². The number of aliphatic carboxylic acids is 1. The van der Waals surface area contributed by atoms with Crippen molar-refractivity contribution >= 4 is 11.9 Å². The van der Waals surface area contributed by atoms with Gasteiger partial charge in [0.2, 0.25) is 5.91 Å². The highest BCUT2D eigenvalue weighted by atomic mass is 16.5. The van der Waals surface area contributed by atoms with E-state index in [9.17, 15) is 14.7 Å². The molecule has 128 valence electrons. The van der Waals surface area contributed by atoms with E-state index in [-0.39, 0.29) is 18.9 Å². The summed E-state index contributed by atoms with van der Waals surface area (Å²) in [6.07, 6.45) is 3.93. The third-order valence-corrected chi connectivity index (χ3v) is 4.60. The van der Waals surface area contributed by atoms with Gasteiger partial charge in [0.15, 0.2) is 0 Å². The maximum Gasteiger partial charge on any atom is 0.308 e. The number of amides is 1. The predicted molar refractivity (Wildman–Crippen MR) is 82.8 cm³/mol. The average Bonchev–Trinajstić information content (AvgIpc) is 3.08. The minimum Gasteiger partial charge on any atom is -0.481 e. The molecule has 0 bridgehead atoms. The molecule has 2 atom stereocenters.